The molecular weight excluding hydrogens is 268 g/mol. The highest BCUT2D eigenvalue weighted by Crippen LogP contribution is 2.29. The van der Waals surface area contributed by atoms with Gasteiger partial charge in [0, 0.05) is 13.7 Å². The molecule has 1 fully saturated rings. The summed E-state index contributed by atoms with van der Waals surface area (Å²) in [5.41, 5.74) is -0.755. The lowest BCUT2D eigenvalue weighted by Crippen LogP contribution is -2.71. The highest BCUT2D eigenvalue weighted by atomic mass is 16.5. The van der Waals surface area contributed by atoms with Crippen molar-refractivity contribution in [1.29, 1.82) is 0 Å². The van der Waals surface area contributed by atoms with E-state index >= 15 is 0 Å². The Kier molecular flexibility index (Phi) is 6.20. The SMILES string of the molecule is CCC(C)C1C(=O)NC(CC)(CC)C(=O)N1CC(C)OC. The fourth-order valence-corrected chi connectivity index (χ4v) is 2.97. The smallest absolute Gasteiger partial charge is 0.249 e. The predicted octanol–water partition coefficient (Wildman–Crippen LogP) is 1.95. The molecule has 0 aliphatic carbocycles. The maximum Gasteiger partial charge on any atom is 0.249 e. The first-order chi connectivity index (χ1) is 9.86. The van der Waals surface area contributed by atoms with Gasteiger partial charge < -0.3 is 15.0 Å². The van der Waals surface area contributed by atoms with Gasteiger partial charge in [-0.15, -0.1) is 0 Å². The van der Waals surface area contributed by atoms with E-state index in [9.17, 15) is 9.59 Å². The third-order valence-corrected chi connectivity index (χ3v) is 4.88. The first-order valence-corrected chi connectivity index (χ1v) is 8.02. The van der Waals surface area contributed by atoms with Crippen molar-refractivity contribution in [2.45, 2.75) is 71.6 Å². The van der Waals surface area contributed by atoms with Crippen molar-refractivity contribution in [3.8, 4) is 0 Å². The standard InChI is InChI=1S/C16H30N2O3/c1-7-11(4)13-14(19)17-16(8-2,9-3)15(20)18(13)10-12(5)21-6/h11-13H,7-10H2,1-6H3,(H,17,19). The fourth-order valence-electron chi connectivity index (χ4n) is 2.97. The largest absolute Gasteiger partial charge is 0.380 e. The number of carbonyl (C=O) groups is 2. The number of amides is 2. The quantitative estimate of drug-likeness (QED) is 0.781. The molecule has 5 heteroatoms. The van der Waals surface area contributed by atoms with E-state index in [1.165, 1.54) is 0 Å². The first-order valence-electron chi connectivity index (χ1n) is 8.02. The van der Waals surface area contributed by atoms with Crippen LogP contribution in [0, 0.1) is 5.92 Å². The van der Waals surface area contributed by atoms with Crippen molar-refractivity contribution in [1.82, 2.24) is 10.2 Å². The molecule has 0 radical (unpaired) electrons. The minimum atomic E-state index is -0.755. The summed E-state index contributed by atoms with van der Waals surface area (Å²) in [4.78, 5) is 27.3. The number of nitrogens with one attached hydrogen (secondary N) is 1. The molecule has 3 atom stereocenters. The van der Waals surface area contributed by atoms with Crippen molar-refractivity contribution >= 4 is 11.8 Å². The number of rotatable bonds is 7. The zero-order chi connectivity index (χ0) is 16.2. The van der Waals surface area contributed by atoms with Crippen LogP contribution in [-0.4, -0.2) is 48.1 Å². The number of carbonyl (C=O) groups excluding carboxylic acids is 2. The number of nitrogens with zero attached hydrogens (tertiary/aromatic N) is 1. The first kappa shape index (κ1) is 18.0. The van der Waals surface area contributed by atoms with E-state index in [0.717, 1.165) is 6.42 Å². The van der Waals surface area contributed by atoms with Crippen LogP contribution >= 0.6 is 0 Å². The van der Waals surface area contributed by atoms with Gasteiger partial charge in [0.25, 0.3) is 0 Å². The van der Waals surface area contributed by atoms with Gasteiger partial charge in [-0.2, -0.15) is 0 Å². The molecule has 0 aromatic carbocycles. The topological polar surface area (TPSA) is 58.6 Å². The molecule has 1 saturated heterocycles. The average molecular weight is 298 g/mol. The van der Waals surface area contributed by atoms with Crippen LogP contribution in [0.4, 0.5) is 0 Å². The van der Waals surface area contributed by atoms with Gasteiger partial charge in [0.1, 0.15) is 11.6 Å². The second kappa shape index (κ2) is 7.25. The summed E-state index contributed by atoms with van der Waals surface area (Å²) in [6, 6.07) is -0.397. The predicted molar refractivity (Wildman–Crippen MR) is 82.9 cm³/mol. The maximum atomic E-state index is 13.0. The molecule has 1 aliphatic rings. The molecule has 1 aliphatic heterocycles. The maximum absolute atomic E-state index is 13.0. The van der Waals surface area contributed by atoms with Crippen molar-refractivity contribution < 1.29 is 14.3 Å². The molecule has 1 N–H and O–H groups in total. The minimum Gasteiger partial charge on any atom is -0.380 e. The summed E-state index contributed by atoms with van der Waals surface area (Å²) in [6.45, 7) is 10.3. The fraction of sp³-hybridized carbons (Fsp3) is 0.875. The highest BCUT2D eigenvalue weighted by Gasteiger charge is 2.50. The second-order valence-electron chi connectivity index (χ2n) is 6.11. The van der Waals surface area contributed by atoms with Crippen LogP contribution in [0.5, 0.6) is 0 Å². The lowest BCUT2D eigenvalue weighted by molar-refractivity contribution is -0.159. The van der Waals surface area contributed by atoms with Crippen LogP contribution in [0.1, 0.15) is 53.9 Å². The van der Waals surface area contributed by atoms with Crippen molar-refractivity contribution in [2.75, 3.05) is 13.7 Å². The van der Waals surface area contributed by atoms with E-state index in [2.05, 4.69) is 5.32 Å². The average Bonchev–Trinajstić information content (AvgIpc) is 2.49. The molecule has 0 saturated carbocycles. The summed E-state index contributed by atoms with van der Waals surface area (Å²) in [5.74, 6) is 0.127. The second-order valence-corrected chi connectivity index (χ2v) is 6.11. The Labute approximate surface area is 128 Å². The molecule has 21 heavy (non-hydrogen) atoms. The minimum absolute atomic E-state index is 0.0290. The van der Waals surface area contributed by atoms with E-state index in [4.69, 9.17) is 4.74 Å². The van der Waals surface area contributed by atoms with E-state index < -0.39 is 11.6 Å². The van der Waals surface area contributed by atoms with Gasteiger partial charge >= 0.3 is 0 Å². The van der Waals surface area contributed by atoms with E-state index in [0.29, 0.717) is 19.4 Å². The van der Waals surface area contributed by atoms with Crippen LogP contribution in [-0.2, 0) is 14.3 Å². The van der Waals surface area contributed by atoms with Crippen molar-refractivity contribution in [2.24, 2.45) is 5.92 Å². The molecule has 1 rings (SSSR count). The monoisotopic (exact) mass is 298 g/mol. The van der Waals surface area contributed by atoms with Gasteiger partial charge in [-0.25, -0.2) is 0 Å². The lowest BCUT2D eigenvalue weighted by atomic mass is 9.84. The molecular formula is C16H30N2O3. The van der Waals surface area contributed by atoms with Gasteiger partial charge in [0.05, 0.1) is 6.10 Å². The summed E-state index contributed by atoms with van der Waals surface area (Å²) in [6.07, 6.45) is 1.99. The van der Waals surface area contributed by atoms with Crippen molar-refractivity contribution in [3.63, 3.8) is 0 Å². The van der Waals surface area contributed by atoms with Crippen LogP contribution in [0.2, 0.25) is 0 Å². The zero-order valence-corrected chi connectivity index (χ0v) is 14.2. The number of piperazine rings is 1. The van der Waals surface area contributed by atoms with Gasteiger partial charge in [-0.3, -0.25) is 9.59 Å². The number of ether oxygens (including phenoxy) is 1. The molecule has 0 aromatic rings. The number of hydrogen-bond donors (Lipinski definition) is 1. The van der Waals surface area contributed by atoms with E-state index in [1.54, 1.807) is 12.0 Å². The zero-order valence-electron chi connectivity index (χ0n) is 14.2. The van der Waals surface area contributed by atoms with Crippen LogP contribution in [0.15, 0.2) is 0 Å². The van der Waals surface area contributed by atoms with Crippen LogP contribution in [0.25, 0.3) is 0 Å². The van der Waals surface area contributed by atoms with E-state index in [1.807, 2.05) is 34.6 Å². The number of hydrogen-bond acceptors (Lipinski definition) is 3. The summed E-state index contributed by atoms with van der Waals surface area (Å²) in [5, 5.41) is 2.99. The highest BCUT2D eigenvalue weighted by molar-refractivity contribution is 6.00. The van der Waals surface area contributed by atoms with Gasteiger partial charge in [0.2, 0.25) is 11.8 Å². The molecule has 3 unspecified atom stereocenters. The molecule has 5 nitrogen and oxygen atoms in total. The molecule has 2 amide bonds. The summed E-state index contributed by atoms with van der Waals surface area (Å²) < 4.78 is 5.31. The Morgan fingerprint density at radius 3 is 2.24 bits per heavy atom. The summed E-state index contributed by atoms with van der Waals surface area (Å²) >= 11 is 0. The van der Waals surface area contributed by atoms with Crippen molar-refractivity contribution in [3.05, 3.63) is 0 Å². The Morgan fingerprint density at radius 1 is 1.24 bits per heavy atom. The molecule has 0 aromatic heterocycles. The normalized spacial score (nSPS) is 24.7. The van der Waals surface area contributed by atoms with Gasteiger partial charge in [-0.05, 0) is 25.7 Å². The lowest BCUT2D eigenvalue weighted by Gasteiger charge is -2.47. The molecule has 0 spiro atoms. The Hall–Kier alpha value is -1.10. The van der Waals surface area contributed by atoms with Gasteiger partial charge in [0.15, 0.2) is 0 Å². The molecule has 1 heterocycles. The Balaban J connectivity index is 3.16. The van der Waals surface area contributed by atoms with E-state index in [-0.39, 0.29) is 23.8 Å². The Bertz CT molecular complexity index is 380. The van der Waals surface area contributed by atoms with Crippen LogP contribution < -0.4 is 5.32 Å². The third-order valence-electron chi connectivity index (χ3n) is 4.88. The van der Waals surface area contributed by atoms with Crippen LogP contribution in [0.3, 0.4) is 0 Å². The summed E-state index contributed by atoms with van der Waals surface area (Å²) in [7, 11) is 1.63. The number of methoxy groups -OCH3 is 1. The third kappa shape index (κ3) is 3.39. The molecule has 122 valence electrons. The Morgan fingerprint density at radius 2 is 1.81 bits per heavy atom. The molecule has 0 bridgehead atoms. The van der Waals surface area contributed by atoms with Gasteiger partial charge in [-0.1, -0.05) is 34.1 Å².